The van der Waals surface area contributed by atoms with Crippen molar-refractivity contribution in [2.45, 2.75) is 25.5 Å². The quantitative estimate of drug-likeness (QED) is 0.663. The topological polar surface area (TPSA) is 46.6 Å². The highest BCUT2D eigenvalue weighted by Gasteiger charge is 2.49. The van der Waals surface area contributed by atoms with E-state index in [0.29, 0.717) is 6.42 Å². The minimum absolute atomic E-state index is 0.200. The third-order valence-corrected chi connectivity index (χ3v) is 3.21. The van der Waals surface area contributed by atoms with E-state index in [9.17, 15) is 9.59 Å². The number of fused-ring (bicyclic) bond motifs is 3. The molecule has 0 aromatic heterocycles. The van der Waals surface area contributed by atoms with E-state index in [2.05, 4.69) is 0 Å². The van der Waals surface area contributed by atoms with Crippen LogP contribution in [0.4, 0.5) is 4.79 Å². The fourth-order valence-corrected chi connectivity index (χ4v) is 2.57. The summed E-state index contributed by atoms with van der Waals surface area (Å²) >= 11 is 0. The number of hydrogen-bond donors (Lipinski definition) is 0. The molecule has 2 amide bonds. The second-order valence-electron chi connectivity index (χ2n) is 4.16. The van der Waals surface area contributed by atoms with Crippen molar-refractivity contribution in [2.24, 2.45) is 0 Å². The summed E-state index contributed by atoms with van der Waals surface area (Å²) in [7, 11) is 0. The summed E-state index contributed by atoms with van der Waals surface area (Å²) in [4.78, 5) is 24.2. The van der Waals surface area contributed by atoms with Crippen molar-refractivity contribution in [3.8, 4) is 0 Å². The van der Waals surface area contributed by atoms with Crippen LogP contribution in [0.15, 0.2) is 24.3 Å². The molecule has 16 heavy (non-hydrogen) atoms. The number of benzene rings is 1. The first kappa shape index (κ1) is 9.39. The summed E-state index contributed by atoms with van der Waals surface area (Å²) in [6.45, 7) is 1.39. The van der Waals surface area contributed by atoms with E-state index < -0.39 is 6.09 Å². The van der Waals surface area contributed by atoms with E-state index >= 15 is 0 Å². The van der Waals surface area contributed by atoms with Gasteiger partial charge in [-0.2, -0.15) is 0 Å². The molecule has 0 spiro atoms. The number of carbonyl (C=O) groups excluding carboxylic acids is 2. The summed E-state index contributed by atoms with van der Waals surface area (Å²) in [5.74, 6) is -0.255. The highest BCUT2D eigenvalue weighted by molar-refractivity contribution is 5.93. The van der Waals surface area contributed by atoms with Crippen molar-refractivity contribution in [3.05, 3.63) is 35.4 Å². The lowest BCUT2D eigenvalue weighted by atomic mass is 10.1. The normalized spacial score (nSPS) is 26.3. The van der Waals surface area contributed by atoms with Gasteiger partial charge in [0.05, 0.1) is 0 Å². The van der Waals surface area contributed by atoms with Crippen LogP contribution in [-0.4, -0.2) is 23.0 Å². The van der Waals surface area contributed by atoms with Crippen molar-refractivity contribution in [1.29, 1.82) is 0 Å². The third kappa shape index (κ3) is 1.10. The number of nitrogens with zero attached hydrogens (tertiary/aromatic N) is 1. The predicted octanol–water partition coefficient (Wildman–Crippen LogP) is 1.65. The van der Waals surface area contributed by atoms with Crippen molar-refractivity contribution >= 4 is 12.0 Å². The van der Waals surface area contributed by atoms with Crippen molar-refractivity contribution in [1.82, 2.24) is 4.90 Å². The Balaban J connectivity index is 2.08. The monoisotopic (exact) mass is 217 g/mol. The molecule has 1 saturated heterocycles. The van der Waals surface area contributed by atoms with Gasteiger partial charge in [-0.05, 0) is 11.1 Å². The number of hydrogen-bond acceptors (Lipinski definition) is 3. The van der Waals surface area contributed by atoms with Crippen LogP contribution in [0.2, 0.25) is 0 Å². The van der Waals surface area contributed by atoms with Gasteiger partial charge in [0, 0.05) is 13.3 Å². The highest BCUT2D eigenvalue weighted by atomic mass is 16.6. The van der Waals surface area contributed by atoms with Gasteiger partial charge in [0.2, 0.25) is 5.91 Å². The minimum atomic E-state index is -0.517. The number of rotatable bonds is 0. The molecular weight excluding hydrogens is 206 g/mol. The van der Waals surface area contributed by atoms with Crippen LogP contribution < -0.4 is 0 Å². The molecule has 0 bridgehead atoms. The molecule has 2 atom stereocenters. The molecule has 0 saturated carbocycles. The van der Waals surface area contributed by atoms with E-state index in [0.717, 1.165) is 11.1 Å². The van der Waals surface area contributed by atoms with Crippen molar-refractivity contribution < 1.29 is 14.3 Å². The number of carbonyl (C=O) groups is 2. The lowest BCUT2D eigenvalue weighted by molar-refractivity contribution is -0.127. The van der Waals surface area contributed by atoms with E-state index in [4.69, 9.17) is 4.74 Å². The molecule has 1 heterocycles. The van der Waals surface area contributed by atoms with Crippen LogP contribution in [0, 0.1) is 0 Å². The fraction of sp³-hybridized carbons (Fsp3) is 0.333. The standard InChI is InChI=1S/C12H11NO3/c1-7(14)13-11-9-5-3-2-4-8(9)6-10(11)16-12(13)15/h2-5,10-11H,6H2,1H3/t10-,11+/m0/s1. The van der Waals surface area contributed by atoms with E-state index in [1.807, 2.05) is 24.3 Å². The van der Waals surface area contributed by atoms with Gasteiger partial charge in [-0.1, -0.05) is 24.3 Å². The summed E-state index contributed by atoms with van der Waals surface area (Å²) in [5, 5.41) is 0. The lowest BCUT2D eigenvalue weighted by Crippen LogP contribution is -2.32. The summed E-state index contributed by atoms with van der Waals surface area (Å²) in [6.07, 6.45) is -0.0121. The van der Waals surface area contributed by atoms with Crippen LogP contribution in [0.3, 0.4) is 0 Å². The highest BCUT2D eigenvalue weighted by Crippen LogP contribution is 2.42. The zero-order valence-electron chi connectivity index (χ0n) is 8.84. The first-order chi connectivity index (χ1) is 7.68. The molecule has 4 nitrogen and oxygen atoms in total. The van der Waals surface area contributed by atoms with Gasteiger partial charge >= 0.3 is 6.09 Å². The van der Waals surface area contributed by atoms with E-state index in [1.165, 1.54) is 11.8 Å². The Labute approximate surface area is 92.8 Å². The minimum Gasteiger partial charge on any atom is -0.443 e. The zero-order chi connectivity index (χ0) is 11.3. The Morgan fingerprint density at radius 1 is 1.44 bits per heavy atom. The SMILES string of the molecule is CC(=O)N1C(=O)O[C@H]2Cc3ccccc3[C@H]21. The maximum absolute atomic E-state index is 11.5. The van der Waals surface area contributed by atoms with E-state index in [1.54, 1.807) is 0 Å². The molecule has 4 heteroatoms. The zero-order valence-corrected chi connectivity index (χ0v) is 8.84. The summed E-state index contributed by atoms with van der Waals surface area (Å²) in [6, 6.07) is 7.63. The molecular formula is C12H11NO3. The van der Waals surface area contributed by atoms with Gasteiger partial charge in [0.1, 0.15) is 12.1 Å². The molecule has 1 aliphatic carbocycles. The van der Waals surface area contributed by atoms with Crippen molar-refractivity contribution in [3.63, 3.8) is 0 Å². The first-order valence-corrected chi connectivity index (χ1v) is 5.26. The van der Waals surface area contributed by atoms with Crippen LogP contribution in [-0.2, 0) is 16.0 Å². The molecule has 1 aromatic rings. The van der Waals surface area contributed by atoms with Gasteiger partial charge < -0.3 is 4.74 Å². The number of amides is 2. The van der Waals surface area contributed by atoms with Gasteiger partial charge in [-0.15, -0.1) is 0 Å². The van der Waals surface area contributed by atoms with Crippen LogP contribution in [0.25, 0.3) is 0 Å². The molecule has 1 aliphatic heterocycles. The second-order valence-corrected chi connectivity index (χ2v) is 4.16. The van der Waals surface area contributed by atoms with Gasteiger partial charge in [-0.3, -0.25) is 4.79 Å². The van der Waals surface area contributed by atoms with Gasteiger partial charge in [-0.25, -0.2) is 9.69 Å². The molecule has 0 radical (unpaired) electrons. The molecule has 1 fully saturated rings. The van der Waals surface area contributed by atoms with Crippen LogP contribution in [0.1, 0.15) is 24.1 Å². The van der Waals surface area contributed by atoms with Crippen LogP contribution >= 0.6 is 0 Å². The Kier molecular flexibility index (Phi) is 1.80. The maximum atomic E-state index is 11.5. The predicted molar refractivity (Wildman–Crippen MR) is 55.7 cm³/mol. The van der Waals surface area contributed by atoms with Crippen molar-refractivity contribution in [2.75, 3.05) is 0 Å². The second kappa shape index (κ2) is 3.07. The molecule has 0 N–H and O–H groups in total. The number of imide groups is 1. The Morgan fingerprint density at radius 3 is 2.94 bits per heavy atom. The Hall–Kier alpha value is -1.84. The lowest BCUT2D eigenvalue weighted by Gasteiger charge is -2.17. The molecule has 2 aliphatic rings. The summed E-state index contributed by atoms with van der Waals surface area (Å²) < 4.78 is 5.21. The Morgan fingerprint density at radius 2 is 2.19 bits per heavy atom. The smallest absolute Gasteiger partial charge is 0.417 e. The average molecular weight is 217 g/mol. The molecule has 1 aromatic carbocycles. The largest absolute Gasteiger partial charge is 0.443 e. The van der Waals surface area contributed by atoms with Gasteiger partial charge in [0.25, 0.3) is 0 Å². The average Bonchev–Trinajstić information content (AvgIpc) is 2.71. The Bertz CT molecular complexity index is 483. The molecule has 3 rings (SSSR count). The van der Waals surface area contributed by atoms with Crippen LogP contribution in [0.5, 0.6) is 0 Å². The third-order valence-electron chi connectivity index (χ3n) is 3.21. The van der Waals surface area contributed by atoms with E-state index in [-0.39, 0.29) is 18.1 Å². The number of ether oxygens (including phenoxy) is 1. The first-order valence-electron chi connectivity index (χ1n) is 5.26. The van der Waals surface area contributed by atoms with Gasteiger partial charge in [0.15, 0.2) is 0 Å². The maximum Gasteiger partial charge on any atom is 0.417 e. The summed E-state index contributed by atoms with van der Waals surface area (Å²) in [5.41, 5.74) is 2.20. The fourth-order valence-electron chi connectivity index (χ4n) is 2.57. The molecule has 82 valence electrons. The molecule has 0 unspecified atom stereocenters.